The van der Waals surface area contributed by atoms with Gasteiger partial charge in [-0.25, -0.2) is 0 Å². The van der Waals surface area contributed by atoms with E-state index in [0.29, 0.717) is 5.70 Å². The van der Waals surface area contributed by atoms with Gasteiger partial charge in [-0.05, 0) is 11.8 Å². The molecule has 0 aromatic heterocycles. The largest absolute Gasteiger partial charge is 0.401 e. The fraction of sp³-hybridized carbons (Fsp3) is 0.625. The molecule has 0 saturated heterocycles. The fourth-order valence-electron chi connectivity index (χ4n) is 0.746. The van der Waals surface area contributed by atoms with Gasteiger partial charge in [-0.1, -0.05) is 20.8 Å². The maximum atomic E-state index is 8.23. The van der Waals surface area contributed by atoms with Crippen LogP contribution in [-0.4, -0.2) is 0 Å². The molecule has 0 fully saturated rings. The first-order valence-electron chi connectivity index (χ1n) is 3.30. The quantitative estimate of drug-likeness (QED) is 0.561. The summed E-state index contributed by atoms with van der Waals surface area (Å²) in [6.45, 7) is 6.27. The smallest absolute Gasteiger partial charge is 0.0930 e. The van der Waals surface area contributed by atoms with Gasteiger partial charge < -0.3 is 5.73 Å². The number of allylic oxidation sites excluding steroid dienone is 2. The summed E-state index contributed by atoms with van der Waals surface area (Å²) in [5.41, 5.74) is 6.35. The van der Waals surface area contributed by atoms with Crippen molar-refractivity contribution in [2.45, 2.75) is 27.2 Å². The molecule has 0 atom stereocenters. The van der Waals surface area contributed by atoms with Crippen molar-refractivity contribution in [3.05, 3.63) is 11.8 Å². The first kappa shape index (κ1) is 9.03. The lowest BCUT2D eigenvalue weighted by molar-refractivity contribution is 0.408. The van der Waals surface area contributed by atoms with Gasteiger partial charge in [-0.15, -0.1) is 0 Å². The molecule has 0 heterocycles. The Balaban J connectivity index is 3.95. The van der Waals surface area contributed by atoms with E-state index in [4.69, 9.17) is 11.0 Å². The Hall–Kier alpha value is -0.970. The third-order valence-electron chi connectivity index (χ3n) is 0.984. The van der Waals surface area contributed by atoms with Crippen molar-refractivity contribution in [2.24, 2.45) is 11.1 Å². The van der Waals surface area contributed by atoms with E-state index in [2.05, 4.69) is 20.8 Å². The first-order chi connectivity index (χ1) is 4.45. The summed E-state index contributed by atoms with van der Waals surface area (Å²) in [4.78, 5) is 0. The lowest BCUT2D eigenvalue weighted by atomic mass is 9.91. The molecule has 10 heavy (non-hydrogen) atoms. The minimum Gasteiger partial charge on any atom is -0.401 e. The monoisotopic (exact) mass is 138 g/mol. The summed E-state index contributed by atoms with van der Waals surface area (Å²) in [7, 11) is 0. The predicted molar refractivity (Wildman–Crippen MR) is 42.0 cm³/mol. The highest BCUT2D eigenvalue weighted by Gasteiger charge is 2.10. The zero-order chi connectivity index (χ0) is 8.20. The van der Waals surface area contributed by atoms with Gasteiger partial charge in [0.25, 0.3) is 0 Å². The third-order valence-corrected chi connectivity index (χ3v) is 0.984. The van der Waals surface area contributed by atoms with Crippen LogP contribution < -0.4 is 5.73 Å². The number of nitrogens with two attached hydrogens (primary N) is 1. The van der Waals surface area contributed by atoms with Gasteiger partial charge in [0.15, 0.2) is 0 Å². The van der Waals surface area contributed by atoms with Crippen molar-refractivity contribution in [2.75, 3.05) is 0 Å². The number of nitrogens with zero attached hydrogens (tertiary/aromatic N) is 1. The van der Waals surface area contributed by atoms with Gasteiger partial charge in [0.1, 0.15) is 0 Å². The molecule has 2 heteroatoms. The van der Waals surface area contributed by atoms with Gasteiger partial charge in [0, 0.05) is 11.8 Å². The second kappa shape index (κ2) is 3.26. The van der Waals surface area contributed by atoms with Crippen LogP contribution in [0.15, 0.2) is 11.8 Å². The van der Waals surface area contributed by atoms with Crippen molar-refractivity contribution < 1.29 is 0 Å². The molecule has 0 aromatic carbocycles. The number of nitriles is 1. The fourth-order valence-corrected chi connectivity index (χ4v) is 0.746. The van der Waals surface area contributed by atoms with E-state index in [0.717, 1.165) is 6.42 Å². The van der Waals surface area contributed by atoms with E-state index in [-0.39, 0.29) is 5.41 Å². The lowest BCUT2D eigenvalue weighted by Gasteiger charge is -2.17. The van der Waals surface area contributed by atoms with Crippen LogP contribution in [0.5, 0.6) is 0 Å². The molecule has 0 aliphatic heterocycles. The van der Waals surface area contributed by atoms with Crippen LogP contribution in [0, 0.1) is 16.7 Å². The Morgan fingerprint density at radius 2 is 2.10 bits per heavy atom. The molecule has 0 amide bonds. The van der Waals surface area contributed by atoms with Gasteiger partial charge >= 0.3 is 0 Å². The Bertz CT molecular complexity index is 167. The van der Waals surface area contributed by atoms with Crippen molar-refractivity contribution in [1.82, 2.24) is 0 Å². The third kappa shape index (κ3) is 5.17. The number of hydrogen-bond donors (Lipinski definition) is 1. The molecule has 56 valence electrons. The maximum absolute atomic E-state index is 8.23. The molecule has 0 aliphatic rings. The molecule has 0 aliphatic carbocycles. The summed E-state index contributed by atoms with van der Waals surface area (Å²) in [5.74, 6) is 0. The molecule has 0 bridgehead atoms. The van der Waals surface area contributed by atoms with Crippen LogP contribution in [0.1, 0.15) is 27.2 Å². The Morgan fingerprint density at radius 1 is 1.60 bits per heavy atom. The van der Waals surface area contributed by atoms with Crippen LogP contribution >= 0.6 is 0 Å². The molecule has 0 aromatic rings. The van der Waals surface area contributed by atoms with E-state index in [1.165, 1.54) is 6.08 Å². The van der Waals surface area contributed by atoms with Crippen LogP contribution in [0.2, 0.25) is 0 Å². The molecule has 0 unspecified atom stereocenters. The maximum Gasteiger partial charge on any atom is 0.0930 e. The second-order valence-electron chi connectivity index (χ2n) is 3.59. The highest BCUT2D eigenvalue weighted by atomic mass is 14.6. The van der Waals surface area contributed by atoms with Gasteiger partial charge in [0.05, 0.1) is 6.07 Å². The average Bonchev–Trinajstić information content (AvgIpc) is 1.59. The van der Waals surface area contributed by atoms with Crippen LogP contribution in [-0.2, 0) is 0 Å². The Labute approximate surface area is 62.3 Å². The molecule has 0 radical (unpaired) electrons. The van der Waals surface area contributed by atoms with Crippen LogP contribution in [0.25, 0.3) is 0 Å². The van der Waals surface area contributed by atoms with Crippen LogP contribution in [0.3, 0.4) is 0 Å². The average molecular weight is 138 g/mol. The highest BCUT2D eigenvalue weighted by Crippen LogP contribution is 2.20. The minimum atomic E-state index is 0.178. The van der Waals surface area contributed by atoms with Gasteiger partial charge in [-0.3, -0.25) is 0 Å². The zero-order valence-electron chi connectivity index (χ0n) is 6.81. The van der Waals surface area contributed by atoms with Crippen molar-refractivity contribution in [3.8, 4) is 6.07 Å². The Kier molecular flexibility index (Phi) is 2.95. The van der Waals surface area contributed by atoms with E-state index in [1.807, 2.05) is 6.07 Å². The Morgan fingerprint density at radius 3 is 2.40 bits per heavy atom. The van der Waals surface area contributed by atoms with Crippen molar-refractivity contribution >= 4 is 0 Å². The SMILES string of the molecule is CC(C)(C)CC(N)=CC#N. The van der Waals surface area contributed by atoms with E-state index in [1.54, 1.807) is 0 Å². The second-order valence-corrected chi connectivity index (χ2v) is 3.59. The summed E-state index contributed by atoms with van der Waals surface area (Å²) in [6, 6.07) is 1.90. The molecule has 0 saturated carbocycles. The topological polar surface area (TPSA) is 49.8 Å². The molecule has 0 rings (SSSR count). The number of rotatable bonds is 1. The predicted octanol–water partition coefficient (Wildman–Crippen LogP) is 1.79. The van der Waals surface area contributed by atoms with E-state index < -0.39 is 0 Å². The van der Waals surface area contributed by atoms with Gasteiger partial charge in [0.2, 0.25) is 0 Å². The van der Waals surface area contributed by atoms with E-state index >= 15 is 0 Å². The van der Waals surface area contributed by atoms with Crippen LogP contribution in [0.4, 0.5) is 0 Å². The van der Waals surface area contributed by atoms with Crippen molar-refractivity contribution in [3.63, 3.8) is 0 Å². The van der Waals surface area contributed by atoms with E-state index in [9.17, 15) is 0 Å². The molecular formula is C8H14N2. The highest BCUT2D eigenvalue weighted by molar-refractivity contribution is 5.11. The minimum absolute atomic E-state index is 0.178. The zero-order valence-corrected chi connectivity index (χ0v) is 6.81. The summed E-state index contributed by atoms with van der Waals surface area (Å²) >= 11 is 0. The summed E-state index contributed by atoms with van der Waals surface area (Å²) in [6.07, 6.45) is 2.17. The number of hydrogen-bond acceptors (Lipinski definition) is 2. The summed E-state index contributed by atoms with van der Waals surface area (Å²) in [5, 5.41) is 8.23. The first-order valence-corrected chi connectivity index (χ1v) is 3.30. The molecular weight excluding hydrogens is 124 g/mol. The van der Waals surface area contributed by atoms with Crippen molar-refractivity contribution in [1.29, 1.82) is 5.26 Å². The standard InChI is InChI=1S/C8H14N2/c1-8(2,3)6-7(10)4-5-9/h4H,6,10H2,1-3H3. The lowest BCUT2D eigenvalue weighted by Crippen LogP contribution is -2.10. The molecule has 2 N–H and O–H groups in total. The summed E-state index contributed by atoms with van der Waals surface area (Å²) < 4.78 is 0. The molecule has 2 nitrogen and oxygen atoms in total. The molecule has 0 spiro atoms. The normalized spacial score (nSPS) is 12.8. The van der Waals surface area contributed by atoms with Gasteiger partial charge in [-0.2, -0.15) is 5.26 Å².